The van der Waals surface area contributed by atoms with Crippen molar-refractivity contribution in [1.29, 1.82) is 5.26 Å². The molecular weight excluding hydrogens is 260 g/mol. The molecule has 0 aromatic carbocycles. The third kappa shape index (κ3) is 2.90. The van der Waals surface area contributed by atoms with E-state index < -0.39 is 0 Å². The normalized spacial score (nSPS) is 32.1. The third-order valence-electron chi connectivity index (χ3n) is 3.76. The minimum atomic E-state index is -0.242. The van der Waals surface area contributed by atoms with Gasteiger partial charge in [0.1, 0.15) is 5.54 Å². The number of rotatable bonds is 4. The Bertz CT molecular complexity index is 433. The van der Waals surface area contributed by atoms with Crippen LogP contribution in [0.15, 0.2) is 21.7 Å². The molecule has 1 heterocycles. The summed E-state index contributed by atoms with van der Waals surface area (Å²) >= 11 is 3.77. The van der Waals surface area contributed by atoms with E-state index in [9.17, 15) is 5.26 Å². The van der Waals surface area contributed by atoms with E-state index in [1.165, 1.54) is 29.9 Å². The van der Waals surface area contributed by atoms with E-state index >= 15 is 0 Å². The minimum Gasteiger partial charge on any atom is -0.297 e. The van der Waals surface area contributed by atoms with Crippen molar-refractivity contribution in [3.63, 3.8) is 0 Å². The van der Waals surface area contributed by atoms with E-state index in [2.05, 4.69) is 28.9 Å². The summed E-state index contributed by atoms with van der Waals surface area (Å²) in [5, 5.41) is 15.9. The molecule has 0 aliphatic heterocycles. The van der Waals surface area contributed by atoms with Crippen molar-refractivity contribution >= 4 is 23.1 Å². The zero-order valence-corrected chi connectivity index (χ0v) is 12.0. The smallest absolute Gasteiger partial charge is 0.108 e. The fraction of sp³-hybridized carbons (Fsp3) is 0.643. The quantitative estimate of drug-likeness (QED) is 0.910. The van der Waals surface area contributed by atoms with Crippen LogP contribution in [0.5, 0.6) is 0 Å². The first-order valence-corrected chi connectivity index (χ1v) is 8.45. The molecule has 2 atom stereocenters. The van der Waals surface area contributed by atoms with Crippen molar-refractivity contribution in [3.8, 4) is 6.07 Å². The highest BCUT2D eigenvalue weighted by atomic mass is 32.2. The van der Waals surface area contributed by atoms with Crippen LogP contribution >= 0.6 is 23.1 Å². The van der Waals surface area contributed by atoms with Gasteiger partial charge in [-0.25, -0.2) is 0 Å². The lowest BCUT2D eigenvalue weighted by molar-refractivity contribution is 0.301. The number of thioether (sulfide) groups is 1. The topological polar surface area (TPSA) is 35.8 Å². The van der Waals surface area contributed by atoms with Crippen LogP contribution in [0.25, 0.3) is 0 Å². The van der Waals surface area contributed by atoms with E-state index in [-0.39, 0.29) is 5.54 Å². The SMILES string of the molecule is N#CC1(NC2CC2)CCCC(Sc2cccs2)C1. The van der Waals surface area contributed by atoms with Crippen molar-refractivity contribution in [2.45, 2.75) is 59.6 Å². The molecule has 2 saturated carbocycles. The molecule has 18 heavy (non-hydrogen) atoms. The van der Waals surface area contributed by atoms with Gasteiger partial charge in [0, 0.05) is 11.3 Å². The number of hydrogen-bond acceptors (Lipinski definition) is 4. The average molecular weight is 278 g/mol. The lowest BCUT2D eigenvalue weighted by atomic mass is 9.82. The van der Waals surface area contributed by atoms with Crippen LogP contribution < -0.4 is 5.32 Å². The summed E-state index contributed by atoms with van der Waals surface area (Å²) < 4.78 is 1.39. The van der Waals surface area contributed by atoms with E-state index in [1.54, 1.807) is 0 Å². The number of thiophene rings is 1. The highest BCUT2D eigenvalue weighted by Gasteiger charge is 2.40. The fourth-order valence-corrected chi connectivity index (χ4v) is 5.09. The number of nitriles is 1. The summed E-state index contributed by atoms with van der Waals surface area (Å²) in [6, 6.07) is 7.49. The highest BCUT2D eigenvalue weighted by molar-refractivity contribution is 8.01. The van der Waals surface area contributed by atoms with Crippen molar-refractivity contribution < 1.29 is 0 Å². The number of hydrogen-bond donors (Lipinski definition) is 1. The monoisotopic (exact) mass is 278 g/mol. The maximum absolute atomic E-state index is 9.54. The standard InChI is InChI=1S/C14H18N2S2/c15-10-14(16-11-5-6-11)7-1-3-12(9-14)18-13-4-2-8-17-13/h2,4,8,11-12,16H,1,3,5-7,9H2. The molecule has 2 unspecified atom stereocenters. The van der Waals surface area contributed by atoms with Crippen LogP contribution in [0.1, 0.15) is 38.5 Å². The molecular formula is C14H18N2S2. The fourth-order valence-electron chi connectivity index (χ4n) is 2.70. The third-order valence-corrected chi connectivity index (χ3v) is 6.10. The van der Waals surface area contributed by atoms with Crippen LogP contribution in [-0.4, -0.2) is 16.8 Å². The molecule has 1 aromatic heterocycles. The Morgan fingerprint density at radius 2 is 2.33 bits per heavy atom. The second kappa shape index (κ2) is 5.24. The van der Waals surface area contributed by atoms with Gasteiger partial charge in [-0.3, -0.25) is 5.32 Å². The van der Waals surface area contributed by atoms with Gasteiger partial charge in [0.2, 0.25) is 0 Å². The summed E-state index contributed by atoms with van der Waals surface area (Å²) in [5.74, 6) is 0. The molecule has 0 bridgehead atoms. The van der Waals surface area contributed by atoms with Gasteiger partial charge in [0.15, 0.2) is 0 Å². The summed E-state index contributed by atoms with van der Waals surface area (Å²) in [6.07, 6.45) is 6.97. The van der Waals surface area contributed by atoms with Gasteiger partial charge >= 0.3 is 0 Å². The number of nitrogens with one attached hydrogen (secondary N) is 1. The summed E-state index contributed by atoms with van der Waals surface area (Å²) in [6.45, 7) is 0. The molecule has 2 nitrogen and oxygen atoms in total. The van der Waals surface area contributed by atoms with Gasteiger partial charge < -0.3 is 0 Å². The molecule has 2 aliphatic rings. The van der Waals surface area contributed by atoms with E-state index in [0.717, 1.165) is 12.8 Å². The minimum absolute atomic E-state index is 0.242. The van der Waals surface area contributed by atoms with E-state index in [4.69, 9.17) is 0 Å². The van der Waals surface area contributed by atoms with Crippen molar-refractivity contribution in [3.05, 3.63) is 17.5 Å². The molecule has 1 N–H and O–H groups in total. The molecule has 3 rings (SSSR count). The van der Waals surface area contributed by atoms with Gasteiger partial charge in [0.05, 0.1) is 10.3 Å². The molecule has 2 fully saturated rings. The zero-order chi connectivity index (χ0) is 12.4. The zero-order valence-electron chi connectivity index (χ0n) is 10.4. The molecule has 2 aliphatic carbocycles. The van der Waals surface area contributed by atoms with Gasteiger partial charge in [-0.15, -0.1) is 23.1 Å². The largest absolute Gasteiger partial charge is 0.297 e. The highest BCUT2D eigenvalue weighted by Crippen LogP contribution is 2.40. The van der Waals surface area contributed by atoms with Crippen LogP contribution in [0.4, 0.5) is 0 Å². The van der Waals surface area contributed by atoms with Crippen LogP contribution in [-0.2, 0) is 0 Å². The molecule has 0 amide bonds. The lowest BCUT2D eigenvalue weighted by Crippen LogP contribution is -2.49. The second-order valence-electron chi connectivity index (χ2n) is 5.38. The molecule has 96 valence electrons. The van der Waals surface area contributed by atoms with Crippen molar-refractivity contribution in [2.75, 3.05) is 0 Å². The predicted molar refractivity (Wildman–Crippen MR) is 76.9 cm³/mol. The summed E-state index contributed by atoms with van der Waals surface area (Å²) in [5.41, 5.74) is -0.242. The molecule has 4 heteroatoms. The Hall–Kier alpha value is -0.500. The Labute approximate surface area is 117 Å². The Kier molecular flexibility index (Phi) is 3.65. The first kappa shape index (κ1) is 12.5. The lowest BCUT2D eigenvalue weighted by Gasteiger charge is -2.36. The molecule has 0 saturated heterocycles. The van der Waals surface area contributed by atoms with Crippen molar-refractivity contribution in [2.24, 2.45) is 0 Å². The maximum Gasteiger partial charge on any atom is 0.108 e. The Balaban J connectivity index is 1.64. The Morgan fingerprint density at radius 1 is 1.44 bits per heavy atom. The predicted octanol–water partition coefficient (Wildman–Crippen LogP) is 3.80. The molecule has 0 radical (unpaired) electrons. The van der Waals surface area contributed by atoms with Gasteiger partial charge in [-0.1, -0.05) is 6.07 Å². The second-order valence-corrected chi connectivity index (χ2v) is 7.93. The first-order chi connectivity index (χ1) is 8.80. The van der Waals surface area contributed by atoms with Crippen molar-refractivity contribution in [1.82, 2.24) is 5.32 Å². The van der Waals surface area contributed by atoms with Gasteiger partial charge in [0.25, 0.3) is 0 Å². The molecule has 1 aromatic rings. The average Bonchev–Trinajstić information content (AvgIpc) is 3.03. The van der Waals surface area contributed by atoms with E-state index in [1.807, 2.05) is 23.1 Å². The number of nitrogens with zero attached hydrogens (tertiary/aromatic N) is 1. The first-order valence-electron chi connectivity index (χ1n) is 6.69. The van der Waals surface area contributed by atoms with E-state index in [0.29, 0.717) is 11.3 Å². The van der Waals surface area contributed by atoms with Crippen LogP contribution in [0.2, 0.25) is 0 Å². The molecule has 0 spiro atoms. The van der Waals surface area contributed by atoms with Crippen LogP contribution in [0, 0.1) is 11.3 Å². The summed E-state index contributed by atoms with van der Waals surface area (Å²) in [7, 11) is 0. The van der Waals surface area contributed by atoms with Gasteiger partial charge in [-0.05, 0) is 50.0 Å². The summed E-state index contributed by atoms with van der Waals surface area (Å²) in [4.78, 5) is 0. The van der Waals surface area contributed by atoms with Crippen LogP contribution in [0.3, 0.4) is 0 Å². The Morgan fingerprint density at radius 3 is 3.00 bits per heavy atom. The maximum atomic E-state index is 9.54. The van der Waals surface area contributed by atoms with Gasteiger partial charge in [-0.2, -0.15) is 5.26 Å².